The van der Waals surface area contributed by atoms with Gasteiger partial charge in [0.25, 0.3) is 0 Å². The Hall–Kier alpha value is -2.63. The molecule has 3 aromatic rings. The lowest BCUT2D eigenvalue weighted by atomic mass is 10.0. The molecule has 2 heterocycles. The Balaban J connectivity index is 1.26. The van der Waals surface area contributed by atoms with Gasteiger partial charge < -0.3 is 9.47 Å². The zero-order valence-electron chi connectivity index (χ0n) is 19.4. The van der Waals surface area contributed by atoms with Crippen LogP contribution in [0.4, 0.5) is 0 Å². The Kier molecular flexibility index (Phi) is 8.56. The van der Waals surface area contributed by atoms with E-state index in [0.29, 0.717) is 19.1 Å². The topological polar surface area (TPSA) is 38.8 Å². The molecule has 0 aliphatic carbocycles. The molecule has 0 N–H and O–H groups in total. The van der Waals surface area contributed by atoms with E-state index in [1.54, 1.807) is 11.3 Å². The molecule has 1 aliphatic rings. The molecule has 4 rings (SSSR count). The summed E-state index contributed by atoms with van der Waals surface area (Å²) in [5.74, 6) is 0.796. The quantitative estimate of drug-likeness (QED) is 0.336. The molecule has 4 nitrogen and oxygen atoms in total. The van der Waals surface area contributed by atoms with Crippen molar-refractivity contribution < 1.29 is 14.3 Å². The average molecular weight is 464 g/mol. The second-order valence-electron chi connectivity index (χ2n) is 8.71. The molecule has 1 aromatic heterocycles. The van der Waals surface area contributed by atoms with E-state index in [0.717, 1.165) is 38.1 Å². The van der Waals surface area contributed by atoms with Crippen LogP contribution in [0.5, 0.6) is 5.75 Å². The molecular weight excluding hydrogens is 430 g/mol. The number of likely N-dealkylation sites (tertiary alicyclic amines) is 1. The third kappa shape index (κ3) is 6.92. The number of carbonyl (C=O) groups excluding carboxylic acids is 1. The Labute approximate surface area is 201 Å². The van der Waals surface area contributed by atoms with E-state index in [1.807, 2.05) is 0 Å². The number of methoxy groups -OCH3 is 1. The first-order valence-electron chi connectivity index (χ1n) is 11.9. The van der Waals surface area contributed by atoms with Crippen molar-refractivity contribution in [2.45, 2.75) is 44.6 Å². The highest BCUT2D eigenvalue weighted by Crippen LogP contribution is 2.24. The van der Waals surface area contributed by atoms with Gasteiger partial charge in [0.1, 0.15) is 12.4 Å². The smallest absolute Gasteiger partial charge is 0.305 e. The Bertz CT molecular complexity index is 983. The molecule has 0 radical (unpaired) electrons. The van der Waals surface area contributed by atoms with Gasteiger partial charge in [-0.25, -0.2) is 0 Å². The standard InChI is InChI=1S/C28H33NO3S/c1-31-28(30)6-4-17-29-16-3-2-5-26(29)20-32-27-13-9-23(10-14-27)19-22-7-11-24(12-8-22)25-15-18-33-21-25/h7-15,18,21,26H,2-6,16-17,19-20H2,1H3/t26-/m1/s1. The minimum Gasteiger partial charge on any atom is -0.492 e. The van der Waals surface area contributed by atoms with E-state index in [2.05, 4.69) is 70.3 Å². The SMILES string of the molecule is COC(=O)CCCN1CCCC[C@@H]1COc1ccc(Cc2ccc(-c3ccsc3)cc2)cc1. The van der Waals surface area contributed by atoms with Gasteiger partial charge in [0.15, 0.2) is 0 Å². The lowest BCUT2D eigenvalue weighted by Gasteiger charge is -2.35. The number of ether oxygens (including phenoxy) is 2. The Morgan fingerprint density at radius 1 is 1.00 bits per heavy atom. The fourth-order valence-electron chi connectivity index (χ4n) is 4.45. The van der Waals surface area contributed by atoms with Crippen molar-refractivity contribution in [2.24, 2.45) is 0 Å². The first-order valence-corrected chi connectivity index (χ1v) is 12.8. The maximum absolute atomic E-state index is 11.4. The van der Waals surface area contributed by atoms with E-state index >= 15 is 0 Å². The van der Waals surface area contributed by atoms with E-state index in [9.17, 15) is 4.79 Å². The molecule has 33 heavy (non-hydrogen) atoms. The second-order valence-corrected chi connectivity index (χ2v) is 9.49. The average Bonchev–Trinajstić information content (AvgIpc) is 3.40. The lowest BCUT2D eigenvalue weighted by Crippen LogP contribution is -2.43. The van der Waals surface area contributed by atoms with Gasteiger partial charge in [0, 0.05) is 12.5 Å². The summed E-state index contributed by atoms with van der Waals surface area (Å²) in [5, 5.41) is 4.30. The number of benzene rings is 2. The van der Waals surface area contributed by atoms with Crippen LogP contribution in [-0.4, -0.2) is 43.7 Å². The largest absolute Gasteiger partial charge is 0.492 e. The second kappa shape index (κ2) is 12.0. The molecule has 1 aliphatic heterocycles. The highest BCUT2D eigenvalue weighted by atomic mass is 32.1. The van der Waals surface area contributed by atoms with E-state index in [4.69, 9.17) is 9.47 Å². The molecular formula is C28H33NO3S. The first kappa shape index (κ1) is 23.5. The molecule has 0 amide bonds. The molecule has 0 spiro atoms. The van der Waals surface area contributed by atoms with E-state index < -0.39 is 0 Å². The van der Waals surface area contributed by atoms with Crippen LogP contribution in [0.3, 0.4) is 0 Å². The van der Waals surface area contributed by atoms with Crippen LogP contribution >= 0.6 is 11.3 Å². The van der Waals surface area contributed by atoms with Crippen molar-refractivity contribution in [1.29, 1.82) is 0 Å². The van der Waals surface area contributed by atoms with Gasteiger partial charge in [-0.3, -0.25) is 9.69 Å². The molecule has 0 unspecified atom stereocenters. The van der Waals surface area contributed by atoms with Crippen LogP contribution in [0.15, 0.2) is 65.4 Å². The molecule has 0 saturated carbocycles. The maximum Gasteiger partial charge on any atom is 0.305 e. The summed E-state index contributed by atoms with van der Waals surface area (Å²) in [7, 11) is 1.45. The van der Waals surface area contributed by atoms with E-state index in [-0.39, 0.29) is 5.97 Å². The summed E-state index contributed by atoms with van der Waals surface area (Å²) in [5.41, 5.74) is 5.15. The number of hydrogen-bond acceptors (Lipinski definition) is 5. The van der Waals surface area contributed by atoms with Gasteiger partial charge >= 0.3 is 5.97 Å². The number of piperidine rings is 1. The molecule has 0 bridgehead atoms. The third-order valence-electron chi connectivity index (χ3n) is 6.39. The first-order chi connectivity index (χ1) is 16.2. The van der Waals surface area contributed by atoms with Crippen LogP contribution < -0.4 is 4.74 Å². The molecule has 1 saturated heterocycles. The van der Waals surface area contributed by atoms with Gasteiger partial charge in [-0.15, -0.1) is 0 Å². The van der Waals surface area contributed by atoms with Crippen molar-refractivity contribution >= 4 is 17.3 Å². The summed E-state index contributed by atoms with van der Waals surface area (Å²) >= 11 is 1.73. The summed E-state index contributed by atoms with van der Waals surface area (Å²) in [6.07, 6.45) is 5.85. The van der Waals surface area contributed by atoms with Crippen molar-refractivity contribution in [3.05, 3.63) is 76.5 Å². The third-order valence-corrected chi connectivity index (χ3v) is 7.07. The molecule has 2 aromatic carbocycles. The van der Waals surface area contributed by atoms with Crippen molar-refractivity contribution in [3.8, 4) is 16.9 Å². The highest BCUT2D eigenvalue weighted by Gasteiger charge is 2.22. The van der Waals surface area contributed by atoms with Crippen LogP contribution in [0.1, 0.15) is 43.2 Å². The fraction of sp³-hybridized carbons (Fsp3) is 0.393. The van der Waals surface area contributed by atoms with Gasteiger partial charge in [-0.1, -0.05) is 42.8 Å². The van der Waals surface area contributed by atoms with Gasteiger partial charge in [-0.05, 0) is 90.0 Å². The number of carbonyl (C=O) groups is 1. The minimum atomic E-state index is -0.127. The van der Waals surface area contributed by atoms with E-state index in [1.165, 1.54) is 42.2 Å². The maximum atomic E-state index is 11.4. The zero-order chi connectivity index (χ0) is 22.9. The molecule has 174 valence electrons. The van der Waals surface area contributed by atoms with Crippen LogP contribution in [0.2, 0.25) is 0 Å². The summed E-state index contributed by atoms with van der Waals surface area (Å²) in [4.78, 5) is 13.9. The number of nitrogens with zero attached hydrogens (tertiary/aromatic N) is 1. The Morgan fingerprint density at radius 2 is 1.76 bits per heavy atom. The fourth-order valence-corrected chi connectivity index (χ4v) is 5.11. The van der Waals surface area contributed by atoms with Crippen LogP contribution in [0.25, 0.3) is 11.1 Å². The van der Waals surface area contributed by atoms with Crippen molar-refractivity contribution in [1.82, 2.24) is 4.90 Å². The summed E-state index contributed by atoms with van der Waals surface area (Å²) < 4.78 is 10.9. The normalized spacial score (nSPS) is 16.5. The molecule has 1 fully saturated rings. The number of thiophene rings is 1. The van der Waals surface area contributed by atoms with Crippen molar-refractivity contribution in [2.75, 3.05) is 26.8 Å². The number of rotatable bonds is 10. The van der Waals surface area contributed by atoms with Crippen LogP contribution in [0, 0.1) is 0 Å². The van der Waals surface area contributed by atoms with Gasteiger partial charge in [-0.2, -0.15) is 11.3 Å². The number of hydrogen-bond donors (Lipinski definition) is 0. The molecule has 5 heteroatoms. The zero-order valence-corrected chi connectivity index (χ0v) is 20.2. The summed E-state index contributed by atoms with van der Waals surface area (Å²) in [6.45, 7) is 2.70. The van der Waals surface area contributed by atoms with Gasteiger partial charge in [0.05, 0.1) is 7.11 Å². The lowest BCUT2D eigenvalue weighted by molar-refractivity contribution is -0.140. The highest BCUT2D eigenvalue weighted by molar-refractivity contribution is 7.08. The monoisotopic (exact) mass is 463 g/mol. The predicted molar refractivity (Wildman–Crippen MR) is 135 cm³/mol. The minimum absolute atomic E-state index is 0.127. The summed E-state index contributed by atoms with van der Waals surface area (Å²) in [6, 6.07) is 19.9. The number of esters is 1. The van der Waals surface area contributed by atoms with Crippen molar-refractivity contribution in [3.63, 3.8) is 0 Å². The predicted octanol–water partition coefficient (Wildman–Crippen LogP) is 6.19. The van der Waals surface area contributed by atoms with Crippen LogP contribution in [-0.2, 0) is 16.0 Å². The molecule has 1 atom stereocenters. The van der Waals surface area contributed by atoms with Gasteiger partial charge in [0.2, 0.25) is 0 Å². The Morgan fingerprint density at radius 3 is 2.45 bits per heavy atom.